The number of anilines is 1. The maximum absolute atomic E-state index is 12.5. The van der Waals surface area contributed by atoms with E-state index in [1.165, 1.54) is 11.3 Å². The number of fused-ring (bicyclic) bond motifs is 1. The Balaban J connectivity index is 1.69. The zero-order valence-corrected chi connectivity index (χ0v) is 15.4. The maximum Gasteiger partial charge on any atom is 0.253 e. The van der Waals surface area contributed by atoms with Gasteiger partial charge >= 0.3 is 0 Å². The molecule has 1 saturated carbocycles. The van der Waals surface area contributed by atoms with Crippen LogP contribution >= 0.6 is 11.3 Å². The quantitative estimate of drug-likeness (QED) is 0.877. The number of carbonyl (C=O) groups is 2. The molecule has 0 aliphatic heterocycles. The summed E-state index contributed by atoms with van der Waals surface area (Å²) >= 11 is 1.40. The maximum atomic E-state index is 12.5. The molecule has 1 aromatic carbocycles. The number of nitrogens with one attached hydrogen (secondary N) is 1. The summed E-state index contributed by atoms with van der Waals surface area (Å²) in [5.41, 5.74) is 7.13. The third kappa shape index (κ3) is 3.99. The van der Waals surface area contributed by atoms with Gasteiger partial charge in [0, 0.05) is 25.6 Å². The Bertz CT molecular complexity index is 778. The van der Waals surface area contributed by atoms with Crippen molar-refractivity contribution >= 4 is 38.5 Å². The number of amides is 2. The summed E-state index contributed by atoms with van der Waals surface area (Å²) < 4.78 is 0.898. The molecule has 1 aromatic heterocycles. The molecule has 2 aromatic rings. The van der Waals surface area contributed by atoms with Gasteiger partial charge in [-0.3, -0.25) is 9.59 Å². The molecule has 0 atom stereocenters. The minimum atomic E-state index is -0.0439. The lowest BCUT2D eigenvalue weighted by Crippen LogP contribution is -2.29. The predicted molar refractivity (Wildman–Crippen MR) is 101 cm³/mol. The lowest BCUT2D eigenvalue weighted by atomic mass is 9.82. The van der Waals surface area contributed by atoms with Crippen LogP contribution in [0, 0.1) is 11.8 Å². The Morgan fingerprint density at radius 1 is 1.28 bits per heavy atom. The highest BCUT2D eigenvalue weighted by molar-refractivity contribution is 7.22. The molecular weight excluding hydrogens is 336 g/mol. The van der Waals surface area contributed by atoms with Crippen LogP contribution in [0.3, 0.4) is 0 Å². The van der Waals surface area contributed by atoms with Gasteiger partial charge in [-0.25, -0.2) is 4.98 Å². The minimum absolute atomic E-state index is 0.0409. The number of nitrogens with zero attached hydrogens (tertiary/aromatic N) is 2. The van der Waals surface area contributed by atoms with Crippen LogP contribution in [-0.2, 0) is 4.79 Å². The third-order valence-corrected chi connectivity index (χ3v) is 5.76. The Hall–Kier alpha value is -1.99. The number of rotatable bonds is 4. The van der Waals surface area contributed by atoms with E-state index in [-0.39, 0.29) is 17.7 Å². The van der Waals surface area contributed by atoms with Gasteiger partial charge < -0.3 is 16.0 Å². The number of hydrogen-bond acceptors (Lipinski definition) is 5. The number of hydrogen-bond donors (Lipinski definition) is 2. The van der Waals surface area contributed by atoms with E-state index in [0.717, 1.165) is 35.9 Å². The van der Waals surface area contributed by atoms with E-state index in [4.69, 9.17) is 5.73 Å². The SMILES string of the molecule is CN(C)C(=O)c1ccc2nc(NC(=O)C3CCC(CN)CC3)sc2c1. The van der Waals surface area contributed by atoms with E-state index in [2.05, 4.69) is 10.3 Å². The van der Waals surface area contributed by atoms with Crippen molar-refractivity contribution in [3.8, 4) is 0 Å². The minimum Gasteiger partial charge on any atom is -0.345 e. The molecule has 134 valence electrons. The van der Waals surface area contributed by atoms with E-state index in [1.54, 1.807) is 25.1 Å². The highest BCUT2D eigenvalue weighted by atomic mass is 32.1. The first-order valence-corrected chi connectivity index (χ1v) is 9.42. The van der Waals surface area contributed by atoms with Crippen LogP contribution in [0.2, 0.25) is 0 Å². The molecule has 0 spiro atoms. The number of aromatic nitrogens is 1. The molecule has 25 heavy (non-hydrogen) atoms. The summed E-state index contributed by atoms with van der Waals surface area (Å²) in [5, 5.41) is 3.54. The van der Waals surface area contributed by atoms with E-state index < -0.39 is 0 Å². The van der Waals surface area contributed by atoms with Crippen LogP contribution in [0.1, 0.15) is 36.0 Å². The molecule has 0 radical (unpaired) electrons. The van der Waals surface area contributed by atoms with Crippen molar-refractivity contribution in [2.24, 2.45) is 17.6 Å². The molecule has 6 nitrogen and oxygen atoms in total. The molecule has 3 N–H and O–H groups in total. The molecular formula is C18H24N4O2S. The van der Waals surface area contributed by atoms with Crippen molar-refractivity contribution in [3.63, 3.8) is 0 Å². The number of nitrogens with two attached hydrogens (primary N) is 1. The molecule has 1 aliphatic carbocycles. The third-order valence-electron chi connectivity index (χ3n) is 4.82. The van der Waals surface area contributed by atoms with Crippen LogP contribution < -0.4 is 11.1 Å². The zero-order valence-electron chi connectivity index (χ0n) is 14.6. The van der Waals surface area contributed by atoms with E-state index in [1.807, 2.05) is 12.1 Å². The largest absolute Gasteiger partial charge is 0.345 e. The first-order valence-electron chi connectivity index (χ1n) is 8.61. The summed E-state index contributed by atoms with van der Waals surface area (Å²) in [7, 11) is 3.45. The van der Waals surface area contributed by atoms with Gasteiger partial charge in [0.1, 0.15) is 0 Å². The first kappa shape index (κ1) is 17.8. The van der Waals surface area contributed by atoms with Crippen LogP contribution in [0.5, 0.6) is 0 Å². The summed E-state index contributed by atoms with van der Waals surface area (Å²) in [6.45, 7) is 0.709. The van der Waals surface area contributed by atoms with Crippen molar-refractivity contribution in [1.82, 2.24) is 9.88 Å². The fourth-order valence-corrected chi connectivity index (χ4v) is 4.15. The Morgan fingerprint density at radius 2 is 2.00 bits per heavy atom. The highest BCUT2D eigenvalue weighted by Crippen LogP contribution is 2.31. The second kappa shape index (κ2) is 7.49. The van der Waals surface area contributed by atoms with Gasteiger partial charge in [0.2, 0.25) is 5.91 Å². The van der Waals surface area contributed by atoms with Crippen LogP contribution in [0.4, 0.5) is 5.13 Å². The fraction of sp³-hybridized carbons (Fsp3) is 0.500. The summed E-state index contributed by atoms with van der Waals surface area (Å²) in [5.74, 6) is 0.594. The zero-order chi connectivity index (χ0) is 18.0. The van der Waals surface area contributed by atoms with Gasteiger partial charge in [0.15, 0.2) is 5.13 Å². The van der Waals surface area contributed by atoms with Crippen LogP contribution in [-0.4, -0.2) is 42.3 Å². The summed E-state index contributed by atoms with van der Waals surface area (Å²) in [6.07, 6.45) is 3.81. The van der Waals surface area contributed by atoms with Crippen molar-refractivity contribution in [2.45, 2.75) is 25.7 Å². The molecule has 0 bridgehead atoms. The lowest BCUT2D eigenvalue weighted by molar-refractivity contribution is -0.121. The lowest BCUT2D eigenvalue weighted by Gasteiger charge is -2.26. The van der Waals surface area contributed by atoms with Gasteiger partial charge in [-0.1, -0.05) is 11.3 Å². The van der Waals surface area contributed by atoms with Gasteiger partial charge in [-0.2, -0.15) is 0 Å². The Morgan fingerprint density at radius 3 is 2.64 bits per heavy atom. The number of benzene rings is 1. The number of thiazole rings is 1. The summed E-state index contributed by atoms with van der Waals surface area (Å²) in [6, 6.07) is 5.42. The molecule has 2 amide bonds. The van der Waals surface area contributed by atoms with Gasteiger partial charge in [-0.15, -0.1) is 0 Å². The Labute approximate surface area is 151 Å². The van der Waals surface area contributed by atoms with E-state index >= 15 is 0 Å². The van der Waals surface area contributed by atoms with Crippen molar-refractivity contribution in [3.05, 3.63) is 23.8 Å². The molecule has 3 rings (SSSR count). The molecule has 0 saturated heterocycles. The van der Waals surface area contributed by atoms with Gasteiger partial charge in [-0.05, 0) is 56.3 Å². The average Bonchev–Trinajstić information content (AvgIpc) is 3.02. The van der Waals surface area contributed by atoms with E-state index in [0.29, 0.717) is 23.2 Å². The predicted octanol–water partition coefficient (Wildman–Crippen LogP) is 2.70. The van der Waals surface area contributed by atoms with Crippen molar-refractivity contribution in [1.29, 1.82) is 0 Å². The normalized spacial score (nSPS) is 20.4. The standard InChI is InChI=1S/C18H24N4O2S/c1-22(2)17(24)13-7-8-14-15(9-13)25-18(20-14)21-16(23)12-5-3-11(10-19)4-6-12/h7-9,11-12H,3-6,10,19H2,1-2H3,(H,20,21,23). The average molecular weight is 360 g/mol. The van der Waals surface area contributed by atoms with E-state index in [9.17, 15) is 9.59 Å². The van der Waals surface area contributed by atoms with Crippen molar-refractivity contribution in [2.75, 3.05) is 26.0 Å². The smallest absolute Gasteiger partial charge is 0.253 e. The van der Waals surface area contributed by atoms with Crippen LogP contribution in [0.25, 0.3) is 10.2 Å². The Kier molecular flexibility index (Phi) is 5.34. The molecule has 1 fully saturated rings. The fourth-order valence-electron chi connectivity index (χ4n) is 3.24. The molecule has 1 heterocycles. The molecule has 0 unspecified atom stereocenters. The monoisotopic (exact) mass is 360 g/mol. The second-order valence-corrected chi connectivity index (χ2v) is 7.87. The summed E-state index contributed by atoms with van der Waals surface area (Å²) in [4.78, 5) is 30.5. The van der Waals surface area contributed by atoms with Crippen LogP contribution in [0.15, 0.2) is 18.2 Å². The number of carbonyl (C=O) groups excluding carboxylic acids is 2. The van der Waals surface area contributed by atoms with Gasteiger partial charge in [0.25, 0.3) is 5.91 Å². The first-order chi connectivity index (χ1) is 12.0. The second-order valence-electron chi connectivity index (χ2n) is 6.84. The topological polar surface area (TPSA) is 88.3 Å². The highest BCUT2D eigenvalue weighted by Gasteiger charge is 2.26. The van der Waals surface area contributed by atoms with Gasteiger partial charge in [0.05, 0.1) is 10.2 Å². The van der Waals surface area contributed by atoms with Crippen molar-refractivity contribution < 1.29 is 9.59 Å². The molecule has 1 aliphatic rings. The molecule has 7 heteroatoms.